The maximum Gasteiger partial charge on any atom is 0.250 e. The lowest BCUT2D eigenvalue weighted by molar-refractivity contribution is -0.115. The summed E-state index contributed by atoms with van der Waals surface area (Å²) in [6, 6.07) is 16.5. The first kappa shape index (κ1) is 17.4. The maximum atomic E-state index is 11.8. The first-order valence-electron chi connectivity index (χ1n) is 7.26. The van der Waals surface area contributed by atoms with E-state index in [1.807, 2.05) is 30.3 Å². The molecular formula is C18H17N3O2S. The molecule has 0 aliphatic rings. The van der Waals surface area contributed by atoms with Crippen LogP contribution in [0.25, 0.3) is 6.08 Å². The second kappa shape index (κ2) is 8.59. The SMILES string of the molecule is CC(=O)Nc1cccc(NC(=S)NC(=O)/C=C/c2ccccc2)c1. The highest BCUT2D eigenvalue weighted by Gasteiger charge is 2.03. The molecule has 122 valence electrons. The van der Waals surface area contributed by atoms with Crippen molar-refractivity contribution >= 4 is 46.6 Å². The Balaban J connectivity index is 1.89. The molecule has 2 rings (SSSR count). The number of amides is 2. The van der Waals surface area contributed by atoms with Crippen LogP contribution < -0.4 is 16.0 Å². The van der Waals surface area contributed by atoms with E-state index in [0.29, 0.717) is 11.4 Å². The van der Waals surface area contributed by atoms with E-state index >= 15 is 0 Å². The molecule has 0 saturated carbocycles. The lowest BCUT2D eigenvalue weighted by atomic mass is 10.2. The van der Waals surface area contributed by atoms with E-state index in [9.17, 15) is 9.59 Å². The Morgan fingerprint density at radius 2 is 1.62 bits per heavy atom. The first-order chi connectivity index (χ1) is 11.5. The van der Waals surface area contributed by atoms with Gasteiger partial charge in [-0.3, -0.25) is 14.9 Å². The summed E-state index contributed by atoms with van der Waals surface area (Å²) in [5.74, 6) is -0.483. The van der Waals surface area contributed by atoms with Gasteiger partial charge in [0.25, 0.3) is 0 Å². The van der Waals surface area contributed by atoms with E-state index in [-0.39, 0.29) is 16.9 Å². The molecule has 0 atom stereocenters. The topological polar surface area (TPSA) is 70.2 Å². The molecule has 0 saturated heterocycles. The molecular weight excluding hydrogens is 322 g/mol. The van der Waals surface area contributed by atoms with Gasteiger partial charge in [0.05, 0.1) is 0 Å². The standard InChI is InChI=1S/C18H17N3O2S/c1-13(22)19-15-8-5-9-16(12-15)20-18(24)21-17(23)11-10-14-6-3-2-4-7-14/h2-12H,1H3,(H,19,22)(H2,20,21,23,24)/b11-10+. The Hall–Kier alpha value is -2.99. The highest BCUT2D eigenvalue weighted by molar-refractivity contribution is 7.80. The van der Waals surface area contributed by atoms with Gasteiger partial charge in [0.2, 0.25) is 11.8 Å². The fourth-order valence-electron chi connectivity index (χ4n) is 1.93. The average molecular weight is 339 g/mol. The Bertz CT molecular complexity index is 773. The number of thiocarbonyl (C=S) groups is 1. The van der Waals surface area contributed by atoms with Crippen molar-refractivity contribution in [1.82, 2.24) is 5.32 Å². The predicted octanol–water partition coefficient (Wildman–Crippen LogP) is 3.17. The van der Waals surface area contributed by atoms with Crippen LogP contribution in [-0.2, 0) is 9.59 Å². The van der Waals surface area contributed by atoms with Crippen molar-refractivity contribution in [2.45, 2.75) is 6.92 Å². The molecule has 6 heteroatoms. The van der Waals surface area contributed by atoms with Crippen LogP contribution in [0.2, 0.25) is 0 Å². The van der Waals surface area contributed by atoms with E-state index in [4.69, 9.17) is 12.2 Å². The molecule has 2 aromatic carbocycles. The monoisotopic (exact) mass is 339 g/mol. The van der Waals surface area contributed by atoms with Crippen molar-refractivity contribution in [2.75, 3.05) is 10.6 Å². The van der Waals surface area contributed by atoms with Crippen LogP contribution in [0.1, 0.15) is 12.5 Å². The van der Waals surface area contributed by atoms with Crippen molar-refractivity contribution in [3.63, 3.8) is 0 Å². The van der Waals surface area contributed by atoms with Crippen LogP contribution in [0.4, 0.5) is 11.4 Å². The summed E-state index contributed by atoms with van der Waals surface area (Å²) in [6.07, 6.45) is 3.12. The smallest absolute Gasteiger partial charge is 0.250 e. The number of rotatable bonds is 4. The molecule has 0 aliphatic carbocycles. The molecule has 5 nitrogen and oxygen atoms in total. The number of anilines is 2. The second-order valence-electron chi connectivity index (χ2n) is 4.95. The van der Waals surface area contributed by atoms with E-state index in [1.165, 1.54) is 13.0 Å². The zero-order valence-electron chi connectivity index (χ0n) is 13.1. The van der Waals surface area contributed by atoms with Crippen molar-refractivity contribution in [3.05, 3.63) is 66.2 Å². The van der Waals surface area contributed by atoms with Gasteiger partial charge in [-0.25, -0.2) is 0 Å². The minimum Gasteiger partial charge on any atom is -0.332 e. The fourth-order valence-corrected chi connectivity index (χ4v) is 2.15. The van der Waals surface area contributed by atoms with Crippen LogP contribution >= 0.6 is 12.2 Å². The van der Waals surface area contributed by atoms with Gasteiger partial charge in [-0.05, 0) is 42.1 Å². The van der Waals surface area contributed by atoms with Gasteiger partial charge in [-0.15, -0.1) is 0 Å². The van der Waals surface area contributed by atoms with E-state index < -0.39 is 0 Å². The normalized spacial score (nSPS) is 10.2. The lowest BCUT2D eigenvalue weighted by Gasteiger charge is -2.10. The Kier molecular flexibility index (Phi) is 6.22. The third kappa shape index (κ3) is 6.02. The summed E-state index contributed by atoms with van der Waals surface area (Å²) >= 11 is 5.11. The molecule has 0 unspecified atom stereocenters. The van der Waals surface area contributed by atoms with Crippen molar-refractivity contribution in [3.8, 4) is 0 Å². The molecule has 24 heavy (non-hydrogen) atoms. The van der Waals surface area contributed by atoms with Gasteiger partial charge in [-0.1, -0.05) is 36.4 Å². The lowest BCUT2D eigenvalue weighted by Crippen LogP contribution is -2.32. The molecule has 0 heterocycles. The van der Waals surface area contributed by atoms with Gasteiger partial charge >= 0.3 is 0 Å². The van der Waals surface area contributed by atoms with Crippen LogP contribution in [0, 0.1) is 0 Å². The zero-order valence-corrected chi connectivity index (χ0v) is 13.9. The highest BCUT2D eigenvalue weighted by Crippen LogP contribution is 2.14. The molecule has 2 aromatic rings. The maximum absolute atomic E-state index is 11.8. The van der Waals surface area contributed by atoms with Gasteiger partial charge in [-0.2, -0.15) is 0 Å². The van der Waals surface area contributed by atoms with Crippen LogP contribution in [0.15, 0.2) is 60.7 Å². The average Bonchev–Trinajstić information content (AvgIpc) is 2.53. The molecule has 0 spiro atoms. The zero-order chi connectivity index (χ0) is 17.4. The van der Waals surface area contributed by atoms with Crippen LogP contribution in [0.5, 0.6) is 0 Å². The summed E-state index contributed by atoms with van der Waals surface area (Å²) in [4.78, 5) is 22.9. The Morgan fingerprint density at radius 1 is 0.958 bits per heavy atom. The summed E-state index contributed by atoms with van der Waals surface area (Å²) in [5.41, 5.74) is 2.23. The number of nitrogens with one attached hydrogen (secondary N) is 3. The predicted molar refractivity (Wildman–Crippen MR) is 101 cm³/mol. The van der Waals surface area contributed by atoms with Gasteiger partial charge in [0.1, 0.15) is 0 Å². The Morgan fingerprint density at radius 3 is 2.29 bits per heavy atom. The molecule has 2 amide bonds. The van der Waals surface area contributed by atoms with E-state index in [2.05, 4.69) is 16.0 Å². The molecule has 0 bridgehead atoms. The highest BCUT2D eigenvalue weighted by atomic mass is 32.1. The quantitative estimate of drug-likeness (QED) is 0.591. The van der Waals surface area contributed by atoms with Gasteiger partial charge in [0.15, 0.2) is 5.11 Å². The summed E-state index contributed by atoms with van der Waals surface area (Å²) < 4.78 is 0. The molecule has 0 aliphatic heterocycles. The molecule has 0 radical (unpaired) electrons. The first-order valence-corrected chi connectivity index (χ1v) is 7.66. The van der Waals surface area contributed by atoms with Crippen LogP contribution in [0.3, 0.4) is 0 Å². The van der Waals surface area contributed by atoms with Crippen molar-refractivity contribution in [1.29, 1.82) is 0 Å². The van der Waals surface area contributed by atoms with E-state index in [1.54, 1.807) is 30.3 Å². The number of carbonyl (C=O) groups is 2. The second-order valence-corrected chi connectivity index (χ2v) is 5.36. The Labute approximate surface area is 145 Å². The number of hydrogen-bond donors (Lipinski definition) is 3. The van der Waals surface area contributed by atoms with Crippen molar-refractivity contribution < 1.29 is 9.59 Å². The third-order valence-electron chi connectivity index (χ3n) is 2.90. The molecule has 0 fully saturated rings. The third-order valence-corrected chi connectivity index (χ3v) is 3.11. The largest absolute Gasteiger partial charge is 0.332 e. The minimum atomic E-state index is -0.325. The van der Waals surface area contributed by atoms with E-state index in [0.717, 1.165) is 5.56 Å². The van der Waals surface area contributed by atoms with Gasteiger partial charge < -0.3 is 10.6 Å². The summed E-state index contributed by atoms with van der Waals surface area (Å²) in [5, 5.41) is 8.32. The summed E-state index contributed by atoms with van der Waals surface area (Å²) in [7, 11) is 0. The minimum absolute atomic E-state index is 0.158. The van der Waals surface area contributed by atoms with Crippen molar-refractivity contribution in [2.24, 2.45) is 0 Å². The number of carbonyl (C=O) groups excluding carboxylic acids is 2. The molecule has 3 N–H and O–H groups in total. The summed E-state index contributed by atoms with van der Waals surface area (Å²) in [6.45, 7) is 1.43. The fraction of sp³-hybridized carbons (Fsp3) is 0.0556. The van der Waals surface area contributed by atoms with Gasteiger partial charge in [0, 0.05) is 24.4 Å². The number of benzene rings is 2. The molecule has 0 aromatic heterocycles. The number of hydrogen-bond acceptors (Lipinski definition) is 3. The van der Waals surface area contributed by atoms with Crippen LogP contribution in [-0.4, -0.2) is 16.9 Å².